The Balaban J connectivity index is 1.86. The second-order valence-electron chi connectivity index (χ2n) is 7.12. The average molecular weight is 314 g/mol. The van der Waals surface area contributed by atoms with Crippen molar-refractivity contribution in [2.24, 2.45) is 5.92 Å². The predicted molar refractivity (Wildman–Crippen MR) is 96.0 cm³/mol. The van der Waals surface area contributed by atoms with Crippen molar-refractivity contribution in [3.8, 4) is 0 Å². The molecule has 0 amide bonds. The molecule has 2 aliphatic rings. The van der Waals surface area contributed by atoms with Crippen molar-refractivity contribution in [3.63, 3.8) is 0 Å². The number of nitrogens with zero attached hydrogens (tertiary/aromatic N) is 1. The molecular weight excluding hydrogens is 288 g/mol. The van der Waals surface area contributed by atoms with E-state index in [2.05, 4.69) is 48.2 Å². The van der Waals surface area contributed by atoms with E-state index in [1.54, 1.807) is 16.5 Å². The molecule has 1 N–H and O–H groups in total. The molecule has 0 radical (unpaired) electrons. The van der Waals surface area contributed by atoms with Crippen LogP contribution in [0.4, 0.5) is 0 Å². The van der Waals surface area contributed by atoms with E-state index >= 15 is 0 Å². The van der Waals surface area contributed by atoms with Crippen molar-refractivity contribution in [3.05, 3.63) is 29.3 Å². The molecule has 1 saturated heterocycles. The van der Waals surface area contributed by atoms with Gasteiger partial charge in [0.1, 0.15) is 0 Å². The molecule has 1 aromatic carbocycles. The Hall–Kier alpha value is -0.930. The van der Waals surface area contributed by atoms with Crippen LogP contribution in [0.25, 0.3) is 10.9 Å². The van der Waals surface area contributed by atoms with Crippen LogP contribution in [0, 0.1) is 5.92 Å². The smallest absolute Gasteiger partial charge is 0.0763 e. The van der Waals surface area contributed by atoms with Gasteiger partial charge < -0.3 is 4.98 Å². The first kappa shape index (κ1) is 14.6. The van der Waals surface area contributed by atoms with Gasteiger partial charge in [0.2, 0.25) is 0 Å². The van der Waals surface area contributed by atoms with Crippen molar-refractivity contribution in [1.82, 2.24) is 9.88 Å². The molecule has 4 rings (SSSR count). The lowest BCUT2D eigenvalue weighted by Gasteiger charge is -2.46. The number of aromatic nitrogens is 1. The van der Waals surface area contributed by atoms with Gasteiger partial charge in [-0.3, -0.25) is 4.90 Å². The summed E-state index contributed by atoms with van der Waals surface area (Å²) in [6.07, 6.45) is 6.03. The number of rotatable bonds is 3. The third kappa shape index (κ3) is 2.13. The molecule has 118 valence electrons. The van der Waals surface area contributed by atoms with Crippen LogP contribution in [-0.4, -0.2) is 35.3 Å². The fourth-order valence-corrected chi connectivity index (χ4v) is 5.46. The molecule has 1 aromatic heterocycles. The van der Waals surface area contributed by atoms with Gasteiger partial charge in [-0.05, 0) is 55.2 Å². The van der Waals surface area contributed by atoms with Gasteiger partial charge in [0.25, 0.3) is 0 Å². The van der Waals surface area contributed by atoms with Gasteiger partial charge in [0, 0.05) is 29.4 Å². The molecule has 0 spiro atoms. The summed E-state index contributed by atoms with van der Waals surface area (Å²) in [5.41, 5.74) is 4.53. The second-order valence-corrected chi connectivity index (χ2v) is 7.94. The summed E-state index contributed by atoms with van der Waals surface area (Å²) in [4.78, 5) is 6.43. The minimum absolute atomic E-state index is 0.705. The zero-order valence-electron chi connectivity index (χ0n) is 13.9. The number of aromatic amines is 1. The zero-order valence-corrected chi connectivity index (χ0v) is 14.7. The van der Waals surface area contributed by atoms with Crippen molar-refractivity contribution in [2.75, 3.05) is 19.3 Å². The third-order valence-electron chi connectivity index (χ3n) is 5.58. The van der Waals surface area contributed by atoms with Crippen LogP contribution < -0.4 is 0 Å². The van der Waals surface area contributed by atoms with Crippen LogP contribution in [-0.2, 0) is 6.42 Å². The van der Waals surface area contributed by atoms with E-state index in [1.165, 1.54) is 42.9 Å². The van der Waals surface area contributed by atoms with Gasteiger partial charge in [-0.25, -0.2) is 0 Å². The molecule has 22 heavy (non-hydrogen) atoms. The van der Waals surface area contributed by atoms with E-state index in [0.29, 0.717) is 6.04 Å². The van der Waals surface area contributed by atoms with E-state index in [4.69, 9.17) is 0 Å². The lowest BCUT2D eigenvalue weighted by molar-refractivity contribution is 0.0906. The first-order valence-electron chi connectivity index (χ1n) is 8.64. The Morgan fingerprint density at radius 1 is 1.36 bits per heavy atom. The molecular formula is C19H26N2S. The predicted octanol–water partition coefficient (Wildman–Crippen LogP) is 4.65. The number of H-pyrrole nitrogens is 1. The van der Waals surface area contributed by atoms with Crippen LogP contribution in [0.15, 0.2) is 23.2 Å². The van der Waals surface area contributed by atoms with Gasteiger partial charge >= 0.3 is 0 Å². The van der Waals surface area contributed by atoms with Gasteiger partial charge in [0.05, 0.1) is 5.03 Å². The first-order chi connectivity index (χ1) is 10.7. The van der Waals surface area contributed by atoms with Gasteiger partial charge in [-0.2, -0.15) is 0 Å². The molecule has 0 saturated carbocycles. The summed E-state index contributed by atoms with van der Waals surface area (Å²) < 4.78 is 0. The number of likely N-dealkylation sites (tertiary alicyclic amines) is 1. The monoisotopic (exact) mass is 314 g/mol. The molecule has 1 aliphatic heterocycles. The normalized spacial score (nSPS) is 28.0. The topological polar surface area (TPSA) is 19.0 Å². The number of piperidine rings is 1. The van der Waals surface area contributed by atoms with Crippen molar-refractivity contribution in [2.45, 2.75) is 50.1 Å². The summed E-state index contributed by atoms with van der Waals surface area (Å²) in [6, 6.07) is 7.59. The number of hydrogen-bond donors (Lipinski definition) is 1. The maximum atomic E-state index is 3.66. The van der Waals surface area contributed by atoms with Crippen molar-refractivity contribution < 1.29 is 0 Å². The van der Waals surface area contributed by atoms with Crippen LogP contribution in [0.3, 0.4) is 0 Å². The Morgan fingerprint density at radius 2 is 2.23 bits per heavy atom. The summed E-state index contributed by atoms with van der Waals surface area (Å²) >= 11 is 1.87. The highest BCUT2D eigenvalue weighted by molar-refractivity contribution is 7.98. The van der Waals surface area contributed by atoms with Gasteiger partial charge in [-0.15, -0.1) is 11.8 Å². The number of thioether (sulfide) groups is 1. The highest BCUT2D eigenvalue weighted by Gasteiger charge is 2.40. The van der Waals surface area contributed by atoms with Crippen molar-refractivity contribution in [1.29, 1.82) is 0 Å². The quantitative estimate of drug-likeness (QED) is 0.832. The SMILES string of the molecule is CCCN1C[C@H](C)C[C@@H]2c3cccc4[nH]c(SC)c(c34)C[C@H]21. The van der Waals surface area contributed by atoms with E-state index in [0.717, 1.165) is 11.8 Å². The molecule has 2 nitrogen and oxygen atoms in total. The number of hydrogen-bond acceptors (Lipinski definition) is 2. The van der Waals surface area contributed by atoms with Crippen LogP contribution in [0.5, 0.6) is 0 Å². The van der Waals surface area contributed by atoms with E-state index in [9.17, 15) is 0 Å². The minimum Gasteiger partial charge on any atom is -0.349 e. The Bertz CT molecular complexity index is 690. The van der Waals surface area contributed by atoms with E-state index in [-0.39, 0.29) is 0 Å². The summed E-state index contributed by atoms with van der Waals surface area (Å²) in [6.45, 7) is 7.26. The highest BCUT2D eigenvalue weighted by Crippen LogP contribution is 2.46. The summed E-state index contributed by atoms with van der Waals surface area (Å²) in [7, 11) is 0. The molecule has 2 heterocycles. The third-order valence-corrected chi connectivity index (χ3v) is 6.34. The highest BCUT2D eigenvalue weighted by atomic mass is 32.2. The minimum atomic E-state index is 0.705. The second kappa shape index (κ2) is 5.61. The number of fused-ring (bicyclic) bond motifs is 2. The number of benzene rings is 1. The molecule has 3 atom stereocenters. The standard InChI is InChI=1S/C19H26N2S/c1-4-8-21-11-12(2)9-14-13-6-5-7-16-18(13)15(10-17(14)21)19(20-16)22-3/h5-7,12,14,17,20H,4,8-11H2,1-3H3/t12-,14-,17-/m1/s1. The Kier molecular flexibility index (Phi) is 3.74. The molecule has 1 fully saturated rings. The van der Waals surface area contributed by atoms with E-state index < -0.39 is 0 Å². The summed E-state index contributed by atoms with van der Waals surface area (Å²) in [5, 5.41) is 2.93. The lowest BCUT2D eigenvalue weighted by atomic mass is 9.72. The van der Waals surface area contributed by atoms with Crippen molar-refractivity contribution >= 4 is 22.7 Å². The fourth-order valence-electron chi connectivity index (χ4n) is 4.81. The molecule has 3 heteroatoms. The maximum Gasteiger partial charge on any atom is 0.0763 e. The molecule has 0 unspecified atom stereocenters. The van der Waals surface area contributed by atoms with Crippen LogP contribution in [0.1, 0.15) is 43.7 Å². The van der Waals surface area contributed by atoms with E-state index in [1.807, 2.05) is 11.8 Å². The zero-order chi connectivity index (χ0) is 15.3. The molecule has 1 aliphatic carbocycles. The Morgan fingerprint density at radius 3 is 3.00 bits per heavy atom. The van der Waals surface area contributed by atoms with Gasteiger partial charge in [0.15, 0.2) is 0 Å². The maximum absolute atomic E-state index is 3.66. The lowest BCUT2D eigenvalue weighted by Crippen LogP contribution is -2.49. The Labute approximate surface area is 137 Å². The van der Waals surface area contributed by atoms with Gasteiger partial charge in [-0.1, -0.05) is 26.0 Å². The largest absolute Gasteiger partial charge is 0.349 e. The average Bonchev–Trinajstić information content (AvgIpc) is 2.88. The van der Waals surface area contributed by atoms with Crippen LogP contribution in [0.2, 0.25) is 0 Å². The molecule has 2 aromatic rings. The fraction of sp³-hybridized carbons (Fsp3) is 0.579. The van der Waals surface area contributed by atoms with Crippen LogP contribution >= 0.6 is 11.8 Å². The summed E-state index contributed by atoms with van der Waals surface area (Å²) in [5.74, 6) is 1.53. The molecule has 0 bridgehead atoms. The first-order valence-corrected chi connectivity index (χ1v) is 9.86. The number of nitrogens with one attached hydrogen (secondary N) is 1.